The Kier molecular flexibility index (Phi) is 6.47. The third-order valence-electron chi connectivity index (χ3n) is 3.09. The Labute approximate surface area is 152 Å². The molecule has 2 aromatic carbocycles. The number of carboxylic acids is 1. The van der Waals surface area contributed by atoms with Gasteiger partial charge in [0.15, 0.2) is 0 Å². The van der Waals surface area contributed by atoms with Gasteiger partial charge in [0.05, 0.1) is 0 Å². The molecule has 0 heterocycles. The van der Waals surface area contributed by atoms with Crippen molar-refractivity contribution in [2.24, 2.45) is 0 Å². The Hall–Kier alpha value is -2.93. The van der Waals surface area contributed by atoms with Gasteiger partial charge in [-0.25, -0.2) is 0 Å². The zero-order valence-electron chi connectivity index (χ0n) is 13.0. The van der Waals surface area contributed by atoms with Gasteiger partial charge in [-0.1, -0.05) is 52.3 Å². The molecule has 3 N–H and O–H groups in total. The number of rotatable bonds is 6. The van der Waals surface area contributed by atoms with Crippen LogP contribution in [0.25, 0.3) is 6.08 Å². The van der Waals surface area contributed by atoms with Crippen LogP contribution in [-0.2, 0) is 9.59 Å². The first-order chi connectivity index (χ1) is 12.0. The van der Waals surface area contributed by atoms with Gasteiger partial charge in [-0.2, -0.15) is 0 Å². The van der Waals surface area contributed by atoms with Gasteiger partial charge in [0, 0.05) is 10.0 Å². The molecule has 25 heavy (non-hydrogen) atoms. The first-order valence-electron chi connectivity index (χ1n) is 7.29. The number of benzene rings is 2. The lowest BCUT2D eigenvalue weighted by Gasteiger charge is -2.10. The second kappa shape index (κ2) is 8.79. The first-order valence-corrected chi connectivity index (χ1v) is 8.08. The molecule has 2 amide bonds. The van der Waals surface area contributed by atoms with Crippen LogP contribution in [0, 0.1) is 0 Å². The summed E-state index contributed by atoms with van der Waals surface area (Å²) < 4.78 is 0.726. The molecule has 2 rings (SSSR count). The fourth-order valence-electron chi connectivity index (χ4n) is 1.95. The maximum Gasteiger partial charge on any atom is 0.322 e. The molecule has 0 spiro atoms. The van der Waals surface area contributed by atoms with E-state index in [-0.39, 0.29) is 5.70 Å². The maximum atomic E-state index is 12.4. The summed E-state index contributed by atoms with van der Waals surface area (Å²) in [5.74, 6) is -2.34. The summed E-state index contributed by atoms with van der Waals surface area (Å²) in [5, 5.41) is 13.5. The van der Waals surface area contributed by atoms with Gasteiger partial charge in [-0.3, -0.25) is 14.4 Å². The first kappa shape index (κ1) is 18.4. The molecule has 6 nitrogen and oxygen atoms in total. The summed E-state index contributed by atoms with van der Waals surface area (Å²) in [6.07, 6.45) is 1.48. The lowest BCUT2D eigenvalue weighted by atomic mass is 10.1. The summed E-state index contributed by atoms with van der Waals surface area (Å²) >= 11 is 3.28. The lowest BCUT2D eigenvalue weighted by Crippen LogP contribution is -2.37. The number of aliphatic carboxylic acids is 1. The molecular weight excluding hydrogens is 388 g/mol. The van der Waals surface area contributed by atoms with Crippen LogP contribution in [0.15, 0.2) is 64.8 Å². The van der Waals surface area contributed by atoms with Crippen LogP contribution in [0.1, 0.15) is 15.9 Å². The van der Waals surface area contributed by atoms with Gasteiger partial charge in [-0.15, -0.1) is 0 Å². The molecule has 0 bridgehead atoms. The summed E-state index contributed by atoms with van der Waals surface area (Å²) in [5.41, 5.74) is 1.01. The second-order valence-electron chi connectivity index (χ2n) is 5.01. The normalized spacial score (nSPS) is 10.8. The average molecular weight is 403 g/mol. The highest BCUT2D eigenvalue weighted by atomic mass is 79.9. The number of amides is 2. The number of nitrogens with one attached hydrogen (secondary N) is 2. The van der Waals surface area contributed by atoms with E-state index in [2.05, 4.69) is 26.6 Å². The monoisotopic (exact) mass is 402 g/mol. The van der Waals surface area contributed by atoms with E-state index >= 15 is 0 Å². The number of carbonyl (C=O) groups is 3. The van der Waals surface area contributed by atoms with Crippen LogP contribution in [0.4, 0.5) is 0 Å². The number of hydrogen-bond acceptors (Lipinski definition) is 3. The van der Waals surface area contributed by atoms with Crippen molar-refractivity contribution in [1.82, 2.24) is 10.6 Å². The van der Waals surface area contributed by atoms with E-state index in [0.29, 0.717) is 11.1 Å². The Balaban J connectivity index is 2.25. The molecule has 0 aromatic heterocycles. The Morgan fingerprint density at radius 3 is 2.40 bits per heavy atom. The van der Waals surface area contributed by atoms with E-state index in [9.17, 15) is 14.4 Å². The number of halogens is 1. The third kappa shape index (κ3) is 5.89. The molecule has 2 aromatic rings. The topological polar surface area (TPSA) is 95.5 Å². The van der Waals surface area contributed by atoms with Crippen LogP contribution in [0.5, 0.6) is 0 Å². The Morgan fingerprint density at radius 2 is 1.76 bits per heavy atom. The van der Waals surface area contributed by atoms with Crippen molar-refractivity contribution in [2.75, 3.05) is 6.54 Å². The van der Waals surface area contributed by atoms with Crippen molar-refractivity contribution >= 4 is 39.8 Å². The highest BCUT2D eigenvalue weighted by molar-refractivity contribution is 9.10. The molecule has 0 aliphatic rings. The highest BCUT2D eigenvalue weighted by Crippen LogP contribution is 2.12. The summed E-state index contributed by atoms with van der Waals surface area (Å²) in [6, 6.07) is 15.6. The van der Waals surface area contributed by atoms with Crippen molar-refractivity contribution in [1.29, 1.82) is 0 Å². The smallest absolute Gasteiger partial charge is 0.322 e. The minimum absolute atomic E-state index is 0.0441. The van der Waals surface area contributed by atoms with E-state index in [4.69, 9.17) is 5.11 Å². The molecule has 0 saturated heterocycles. The Morgan fingerprint density at radius 1 is 1.04 bits per heavy atom. The zero-order valence-corrected chi connectivity index (χ0v) is 14.6. The molecule has 0 unspecified atom stereocenters. The number of hydrogen-bond donors (Lipinski definition) is 3. The highest BCUT2D eigenvalue weighted by Gasteiger charge is 2.15. The quantitative estimate of drug-likeness (QED) is 0.646. The van der Waals surface area contributed by atoms with Gasteiger partial charge < -0.3 is 15.7 Å². The largest absolute Gasteiger partial charge is 0.480 e. The van der Waals surface area contributed by atoms with E-state index < -0.39 is 24.3 Å². The SMILES string of the molecule is O=C(O)CNC(=O)/C(=C\c1ccccc1)NC(=O)c1cccc(Br)c1. The molecule has 0 aliphatic heterocycles. The van der Waals surface area contributed by atoms with E-state index in [1.54, 1.807) is 48.5 Å². The van der Waals surface area contributed by atoms with Crippen LogP contribution in [-0.4, -0.2) is 29.4 Å². The van der Waals surface area contributed by atoms with Gasteiger partial charge in [0.1, 0.15) is 12.2 Å². The van der Waals surface area contributed by atoms with Gasteiger partial charge in [0.2, 0.25) is 0 Å². The van der Waals surface area contributed by atoms with Crippen LogP contribution in [0.2, 0.25) is 0 Å². The van der Waals surface area contributed by atoms with E-state index in [1.165, 1.54) is 6.08 Å². The van der Waals surface area contributed by atoms with Crippen molar-refractivity contribution < 1.29 is 19.5 Å². The standard InChI is InChI=1S/C18H15BrN2O4/c19-14-8-4-7-13(10-14)17(24)21-15(18(25)20-11-16(22)23)9-12-5-2-1-3-6-12/h1-10H,11H2,(H,20,25)(H,21,24)(H,22,23)/b15-9+. The molecular formula is C18H15BrN2O4. The molecule has 0 saturated carbocycles. The minimum atomic E-state index is -1.18. The van der Waals surface area contributed by atoms with Gasteiger partial charge in [-0.05, 0) is 29.8 Å². The molecule has 128 valence electrons. The molecule has 0 radical (unpaired) electrons. The molecule has 0 aliphatic carbocycles. The molecule has 0 atom stereocenters. The van der Waals surface area contributed by atoms with E-state index in [1.807, 2.05) is 6.07 Å². The van der Waals surface area contributed by atoms with Gasteiger partial charge in [0.25, 0.3) is 11.8 Å². The number of carbonyl (C=O) groups excluding carboxylic acids is 2. The summed E-state index contributed by atoms with van der Waals surface area (Å²) in [7, 11) is 0. The second-order valence-corrected chi connectivity index (χ2v) is 5.93. The predicted octanol–water partition coefficient (Wildman–Crippen LogP) is 2.42. The fraction of sp³-hybridized carbons (Fsp3) is 0.0556. The lowest BCUT2D eigenvalue weighted by molar-refractivity contribution is -0.137. The van der Waals surface area contributed by atoms with Crippen molar-refractivity contribution in [2.45, 2.75) is 0 Å². The molecule has 7 heteroatoms. The summed E-state index contributed by atoms with van der Waals surface area (Å²) in [4.78, 5) is 35.2. The fourth-order valence-corrected chi connectivity index (χ4v) is 2.35. The van der Waals surface area contributed by atoms with Crippen molar-refractivity contribution in [3.63, 3.8) is 0 Å². The van der Waals surface area contributed by atoms with Crippen molar-refractivity contribution in [3.05, 3.63) is 75.9 Å². The number of carboxylic acid groups (broad SMARTS) is 1. The minimum Gasteiger partial charge on any atom is -0.480 e. The van der Waals surface area contributed by atoms with Crippen LogP contribution < -0.4 is 10.6 Å². The van der Waals surface area contributed by atoms with Crippen molar-refractivity contribution in [3.8, 4) is 0 Å². The summed E-state index contributed by atoms with van der Waals surface area (Å²) in [6.45, 7) is -0.544. The third-order valence-corrected chi connectivity index (χ3v) is 3.58. The van der Waals surface area contributed by atoms with Crippen LogP contribution in [0.3, 0.4) is 0 Å². The average Bonchev–Trinajstić information content (AvgIpc) is 2.60. The predicted molar refractivity (Wildman–Crippen MR) is 96.7 cm³/mol. The van der Waals surface area contributed by atoms with E-state index in [0.717, 1.165) is 4.47 Å². The van der Waals surface area contributed by atoms with Crippen LogP contribution >= 0.6 is 15.9 Å². The Bertz CT molecular complexity index is 819. The maximum absolute atomic E-state index is 12.4. The van der Waals surface area contributed by atoms with Gasteiger partial charge >= 0.3 is 5.97 Å². The zero-order chi connectivity index (χ0) is 18.2. The molecule has 0 fully saturated rings.